The molecule has 0 atom stereocenters. The lowest BCUT2D eigenvalue weighted by molar-refractivity contribution is -0.113. The fourth-order valence-electron chi connectivity index (χ4n) is 5.00. The van der Waals surface area contributed by atoms with E-state index in [4.69, 9.17) is 9.97 Å². The number of thioether (sulfide) groups is 1. The number of carbonyl (C=O) groups excluding carboxylic acids is 1. The number of anilines is 1. The van der Waals surface area contributed by atoms with Gasteiger partial charge in [0.25, 0.3) is 0 Å². The first-order valence-electron chi connectivity index (χ1n) is 12.4. The van der Waals surface area contributed by atoms with E-state index in [0.717, 1.165) is 51.2 Å². The number of rotatable bonds is 6. The van der Waals surface area contributed by atoms with E-state index in [9.17, 15) is 4.79 Å². The summed E-state index contributed by atoms with van der Waals surface area (Å²) in [6.45, 7) is 6.54. The molecule has 0 radical (unpaired) electrons. The molecule has 1 aliphatic rings. The number of hydrogen-bond acceptors (Lipinski definition) is 7. The molecule has 0 saturated heterocycles. The van der Waals surface area contributed by atoms with Crippen molar-refractivity contribution >= 4 is 60.8 Å². The molecule has 7 nitrogen and oxygen atoms in total. The molecule has 184 valence electrons. The van der Waals surface area contributed by atoms with E-state index in [-0.39, 0.29) is 11.7 Å². The van der Waals surface area contributed by atoms with E-state index in [1.807, 2.05) is 35.6 Å². The molecule has 4 heterocycles. The SMILES string of the molecule is Cc1ccc(NC(=O)CSc2nnc3c4sc5nc(CC(C)C)c6c(c5c4ncn23)CCCC6)cc1. The fourth-order valence-corrected chi connectivity index (χ4v) is 6.85. The number of benzene rings is 1. The topological polar surface area (TPSA) is 85.1 Å². The summed E-state index contributed by atoms with van der Waals surface area (Å²) in [5.74, 6) is 0.733. The highest BCUT2D eigenvalue weighted by Crippen LogP contribution is 2.40. The second-order valence-corrected chi connectivity index (χ2v) is 11.8. The average Bonchev–Trinajstić information content (AvgIpc) is 3.45. The molecule has 0 aliphatic heterocycles. The maximum absolute atomic E-state index is 12.5. The number of nitrogens with zero attached hydrogens (tertiary/aromatic N) is 5. The van der Waals surface area contributed by atoms with E-state index in [1.54, 1.807) is 17.7 Å². The molecule has 5 aromatic rings. The van der Waals surface area contributed by atoms with E-state index >= 15 is 0 Å². The summed E-state index contributed by atoms with van der Waals surface area (Å²) in [5.41, 5.74) is 7.84. The van der Waals surface area contributed by atoms with Crippen molar-refractivity contribution in [2.45, 2.75) is 58.0 Å². The Morgan fingerprint density at radius 3 is 2.69 bits per heavy atom. The molecule has 1 N–H and O–H groups in total. The zero-order valence-electron chi connectivity index (χ0n) is 20.7. The minimum absolute atomic E-state index is 0.0787. The Labute approximate surface area is 217 Å². The van der Waals surface area contributed by atoms with Crippen molar-refractivity contribution in [3.63, 3.8) is 0 Å². The van der Waals surface area contributed by atoms with Gasteiger partial charge in [-0.15, -0.1) is 21.5 Å². The summed E-state index contributed by atoms with van der Waals surface area (Å²) in [6, 6.07) is 7.78. The predicted molar refractivity (Wildman–Crippen MR) is 147 cm³/mol. The third-order valence-electron chi connectivity index (χ3n) is 6.66. The van der Waals surface area contributed by atoms with Crippen LogP contribution in [0.15, 0.2) is 35.7 Å². The molecule has 0 unspecified atom stereocenters. The Bertz CT molecular complexity index is 1600. The lowest BCUT2D eigenvalue weighted by atomic mass is 9.87. The van der Waals surface area contributed by atoms with Crippen molar-refractivity contribution in [2.24, 2.45) is 5.92 Å². The van der Waals surface area contributed by atoms with E-state index in [0.29, 0.717) is 11.1 Å². The summed E-state index contributed by atoms with van der Waals surface area (Å²) in [6.07, 6.45) is 7.43. The van der Waals surface area contributed by atoms with Crippen LogP contribution in [0.4, 0.5) is 5.69 Å². The molecule has 4 aromatic heterocycles. The molecule has 0 saturated carbocycles. The first kappa shape index (κ1) is 23.4. The molecular formula is C27H28N6OS2. The molecule has 36 heavy (non-hydrogen) atoms. The lowest BCUT2D eigenvalue weighted by Crippen LogP contribution is -2.14. The number of aromatic nitrogens is 5. The van der Waals surface area contributed by atoms with Gasteiger partial charge in [-0.1, -0.05) is 43.3 Å². The van der Waals surface area contributed by atoms with Gasteiger partial charge >= 0.3 is 0 Å². The first-order chi connectivity index (χ1) is 17.5. The Balaban J connectivity index is 1.33. The van der Waals surface area contributed by atoms with Crippen molar-refractivity contribution in [1.29, 1.82) is 0 Å². The minimum atomic E-state index is -0.0787. The Hall–Kier alpha value is -3.04. The first-order valence-corrected chi connectivity index (χ1v) is 14.2. The van der Waals surface area contributed by atoms with Gasteiger partial charge in [0.15, 0.2) is 10.8 Å². The maximum atomic E-state index is 12.5. The van der Waals surface area contributed by atoms with Crippen molar-refractivity contribution < 1.29 is 4.79 Å². The van der Waals surface area contributed by atoms with Gasteiger partial charge < -0.3 is 5.32 Å². The van der Waals surface area contributed by atoms with Gasteiger partial charge in [-0.3, -0.25) is 9.20 Å². The van der Waals surface area contributed by atoms with Crippen LogP contribution in [0, 0.1) is 12.8 Å². The summed E-state index contributed by atoms with van der Waals surface area (Å²) < 4.78 is 2.90. The highest BCUT2D eigenvalue weighted by molar-refractivity contribution is 7.99. The summed E-state index contributed by atoms with van der Waals surface area (Å²) in [5, 5.41) is 13.7. The van der Waals surface area contributed by atoms with Crippen molar-refractivity contribution in [2.75, 3.05) is 11.1 Å². The van der Waals surface area contributed by atoms with Crippen molar-refractivity contribution in [1.82, 2.24) is 24.6 Å². The summed E-state index contributed by atoms with van der Waals surface area (Å²) >= 11 is 3.02. The number of thiophene rings is 1. The van der Waals surface area contributed by atoms with Gasteiger partial charge in [-0.05, 0) is 68.2 Å². The number of amides is 1. The Morgan fingerprint density at radius 1 is 1.14 bits per heavy atom. The van der Waals surface area contributed by atoms with E-state index in [1.165, 1.54) is 46.8 Å². The van der Waals surface area contributed by atoms with E-state index < -0.39 is 0 Å². The largest absolute Gasteiger partial charge is 0.325 e. The second kappa shape index (κ2) is 9.44. The van der Waals surface area contributed by atoms with Gasteiger partial charge in [-0.25, -0.2) is 9.97 Å². The number of fused-ring (bicyclic) bond motifs is 7. The number of hydrogen-bond donors (Lipinski definition) is 1. The second-order valence-electron chi connectivity index (χ2n) is 9.90. The minimum Gasteiger partial charge on any atom is -0.325 e. The van der Waals surface area contributed by atoms with Crippen LogP contribution in [0.2, 0.25) is 0 Å². The van der Waals surface area contributed by atoms with Crippen LogP contribution >= 0.6 is 23.1 Å². The third-order valence-corrected chi connectivity index (χ3v) is 8.67. The number of aryl methyl sites for hydroxylation is 2. The Kier molecular flexibility index (Phi) is 6.13. The number of nitrogens with one attached hydrogen (secondary N) is 1. The smallest absolute Gasteiger partial charge is 0.234 e. The Morgan fingerprint density at radius 2 is 1.92 bits per heavy atom. The molecular weight excluding hydrogens is 488 g/mol. The molecule has 1 amide bonds. The average molecular weight is 517 g/mol. The zero-order chi connectivity index (χ0) is 24.8. The fraction of sp³-hybridized carbons (Fsp3) is 0.370. The van der Waals surface area contributed by atoms with E-state index in [2.05, 4.69) is 29.4 Å². The van der Waals surface area contributed by atoms with Crippen LogP contribution in [0.3, 0.4) is 0 Å². The van der Waals surface area contributed by atoms with Gasteiger partial charge in [0.2, 0.25) is 5.91 Å². The number of pyridine rings is 1. The summed E-state index contributed by atoms with van der Waals surface area (Å²) in [7, 11) is 0. The monoisotopic (exact) mass is 516 g/mol. The quantitative estimate of drug-likeness (QED) is 0.279. The molecule has 0 bridgehead atoms. The standard InChI is InChI=1S/C27H28N6OS2/c1-15(2)12-20-18-6-4-5-7-19(18)22-23-24(36-26(22)30-20)25-31-32-27(33(25)14-28-23)35-13-21(34)29-17-10-8-16(3)9-11-17/h8-11,14-15H,4-7,12-13H2,1-3H3,(H,29,34). The normalized spacial score (nSPS) is 13.7. The third kappa shape index (κ3) is 4.24. The predicted octanol–water partition coefficient (Wildman–Crippen LogP) is 6.00. The van der Waals surface area contributed by atoms with Gasteiger partial charge in [0.05, 0.1) is 11.3 Å². The van der Waals surface area contributed by atoms with Crippen LogP contribution in [-0.4, -0.2) is 36.2 Å². The lowest BCUT2D eigenvalue weighted by Gasteiger charge is -2.20. The van der Waals surface area contributed by atoms with Crippen molar-refractivity contribution in [3.8, 4) is 0 Å². The molecule has 9 heteroatoms. The van der Waals surface area contributed by atoms with Crippen LogP contribution in [0.5, 0.6) is 0 Å². The maximum Gasteiger partial charge on any atom is 0.234 e. The number of carbonyl (C=O) groups is 1. The van der Waals surface area contributed by atoms with Crippen LogP contribution in [0.25, 0.3) is 26.1 Å². The molecule has 6 rings (SSSR count). The van der Waals surface area contributed by atoms with Crippen LogP contribution < -0.4 is 5.32 Å². The van der Waals surface area contributed by atoms with Gasteiger partial charge in [0.1, 0.15) is 15.9 Å². The highest BCUT2D eigenvalue weighted by Gasteiger charge is 2.24. The molecule has 0 fully saturated rings. The summed E-state index contributed by atoms with van der Waals surface area (Å²) in [4.78, 5) is 23.6. The molecule has 0 spiro atoms. The van der Waals surface area contributed by atoms with Gasteiger partial charge in [-0.2, -0.15) is 0 Å². The van der Waals surface area contributed by atoms with Crippen molar-refractivity contribution in [3.05, 3.63) is 53.0 Å². The van der Waals surface area contributed by atoms with Crippen LogP contribution in [-0.2, 0) is 24.1 Å². The van der Waals surface area contributed by atoms with Crippen LogP contribution in [0.1, 0.15) is 49.1 Å². The molecule has 1 aliphatic carbocycles. The van der Waals surface area contributed by atoms with Gasteiger partial charge in [0, 0.05) is 16.8 Å². The zero-order valence-corrected chi connectivity index (χ0v) is 22.3. The highest BCUT2D eigenvalue weighted by atomic mass is 32.2. The molecule has 1 aromatic carbocycles.